The van der Waals surface area contributed by atoms with Crippen LogP contribution < -0.4 is 10.2 Å². The van der Waals surface area contributed by atoms with Gasteiger partial charge in [-0.2, -0.15) is 13.2 Å². The molecule has 0 unspecified atom stereocenters. The van der Waals surface area contributed by atoms with Crippen molar-refractivity contribution in [3.63, 3.8) is 0 Å². The first-order chi connectivity index (χ1) is 17.7. The first kappa shape index (κ1) is 25.2. The fourth-order valence-electron chi connectivity index (χ4n) is 5.32. The summed E-state index contributed by atoms with van der Waals surface area (Å²) in [5.41, 5.74) is 2.01. The maximum absolute atomic E-state index is 13.6. The molecule has 4 nitrogen and oxygen atoms in total. The summed E-state index contributed by atoms with van der Waals surface area (Å²) in [6.45, 7) is 2.40. The number of halogens is 5. The molecule has 1 saturated heterocycles. The Morgan fingerprint density at radius 2 is 1.70 bits per heavy atom. The molecular weight excluding hydrogens is 489 g/mol. The van der Waals surface area contributed by atoms with Crippen molar-refractivity contribution in [2.45, 2.75) is 31.7 Å². The summed E-state index contributed by atoms with van der Waals surface area (Å²) in [5, 5.41) is 2.86. The van der Waals surface area contributed by atoms with Crippen molar-refractivity contribution < 1.29 is 26.7 Å². The highest BCUT2D eigenvalue weighted by molar-refractivity contribution is 5.82. The fraction of sp³-hybridized carbons (Fsp3) is 0.321. The molecule has 2 aliphatic rings. The Morgan fingerprint density at radius 3 is 2.43 bits per heavy atom. The Balaban J connectivity index is 1.40. The molecule has 1 amide bonds. The monoisotopic (exact) mass is 515 g/mol. The van der Waals surface area contributed by atoms with Gasteiger partial charge in [0.2, 0.25) is 5.91 Å². The minimum Gasteiger partial charge on any atom is -0.365 e. The molecule has 0 saturated carbocycles. The van der Waals surface area contributed by atoms with Gasteiger partial charge in [0.15, 0.2) is 0 Å². The number of anilines is 1. The van der Waals surface area contributed by atoms with Gasteiger partial charge in [0, 0.05) is 38.4 Å². The molecule has 1 fully saturated rings. The quantitative estimate of drug-likeness (QED) is 0.477. The van der Waals surface area contributed by atoms with Crippen molar-refractivity contribution in [3.05, 3.63) is 101 Å². The minimum absolute atomic E-state index is 0.120. The smallest absolute Gasteiger partial charge is 0.365 e. The number of fused-ring (bicyclic) bond motifs is 3. The van der Waals surface area contributed by atoms with Gasteiger partial charge in [0.1, 0.15) is 11.6 Å². The molecule has 37 heavy (non-hydrogen) atoms. The molecule has 194 valence electrons. The van der Waals surface area contributed by atoms with Crippen molar-refractivity contribution in [1.29, 1.82) is 0 Å². The van der Waals surface area contributed by atoms with Crippen molar-refractivity contribution in [3.8, 4) is 0 Å². The second-order valence-electron chi connectivity index (χ2n) is 9.62. The van der Waals surface area contributed by atoms with E-state index in [0.29, 0.717) is 43.0 Å². The molecule has 2 heterocycles. The highest BCUT2D eigenvalue weighted by atomic mass is 19.4. The second-order valence-corrected chi connectivity index (χ2v) is 9.62. The minimum atomic E-state index is -4.48. The Hall–Kier alpha value is -3.46. The molecule has 3 aromatic carbocycles. The average Bonchev–Trinajstić information content (AvgIpc) is 2.87. The van der Waals surface area contributed by atoms with E-state index in [1.54, 1.807) is 24.3 Å². The van der Waals surface area contributed by atoms with E-state index >= 15 is 0 Å². The van der Waals surface area contributed by atoms with E-state index in [1.165, 1.54) is 30.3 Å². The third kappa shape index (κ3) is 5.61. The highest BCUT2D eigenvalue weighted by Gasteiger charge is 2.42. The molecule has 9 heteroatoms. The maximum atomic E-state index is 13.6. The summed E-state index contributed by atoms with van der Waals surface area (Å²) < 4.78 is 67.2. The summed E-state index contributed by atoms with van der Waals surface area (Å²) in [5.74, 6) is -1.61. The molecule has 0 aliphatic carbocycles. The van der Waals surface area contributed by atoms with Crippen LogP contribution in [0.3, 0.4) is 0 Å². The summed E-state index contributed by atoms with van der Waals surface area (Å²) in [4.78, 5) is 17.6. The van der Waals surface area contributed by atoms with Crippen LogP contribution in [0.2, 0.25) is 0 Å². The molecule has 0 bridgehead atoms. The van der Waals surface area contributed by atoms with Crippen molar-refractivity contribution in [1.82, 2.24) is 10.2 Å². The van der Waals surface area contributed by atoms with Crippen molar-refractivity contribution >= 4 is 11.6 Å². The maximum Gasteiger partial charge on any atom is 0.416 e. The van der Waals surface area contributed by atoms with Gasteiger partial charge in [-0.3, -0.25) is 9.69 Å². The normalized spacial score (nSPS) is 19.8. The molecule has 2 atom stereocenters. The third-order valence-electron chi connectivity index (χ3n) is 7.14. The molecule has 0 radical (unpaired) electrons. The van der Waals surface area contributed by atoms with Gasteiger partial charge in [-0.1, -0.05) is 24.3 Å². The Bertz CT molecular complexity index is 1280. The SMILES string of the molecule is O=C(NCc1cccc(F)c1)[C@H]1Cc2cc(C(F)(F)F)ccc2N2CCN(Cc3ccc(F)cc3)C[C@H]12. The second kappa shape index (κ2) is 10.1. The standard InChI is InChI=1S/C28H26F5N3O/c29-22-7-4-18(5-8-22)16-35-10-11-36-25-9-6-21(28(31,32)33)13-20(25)14-24(26(36)17-35)27(37)34-15-19-2-1-3-23(30)12-19/h1-9,12-13,24,26H,10-11,14-17H2,(H,34,37)/t24-,26+/m0/s1. The Kier molecular flexibility index (Phi) is 6.90. The van der Waals surface area contributed by atoms with Crippen LogP contribution in [0.4, 0.5) is 27.6 Å². The van der Waals surface area contributed by atoms with Crippen LogP contribution in [0.15, 0.2) is 66.7 Å². The van der Waals surface area contributed by atoms with Crippen molar-refractivity contribution in [2.75, 3.05) is 24.5 Å². The zero-order chi connectivity index (χ0) is 26.2. The lowest BCUT2D eigenvalue weighted by molar-refractivity contribution is -0.137. The van der Waals surface area contributed by atoms with Gasteiger partial charge in [-0.05, 0) is 65.6 Å². The van der Waals surface area contributed by atoms with Gasteiger partial charge in [0.25, 0.3) is 0 Å². The number of hydrogen-bond acceptors (Lipinski definition) is 3. The number of hydrogen-bond donors (Lipinski definition) is 1. The number of benzene rings is 3. The lowest BCUT2D eigenvalue weighted by atomic mass is 9.82. The van der Waals surface area contributed by atoms with Gasteiger partial charge in [-0.25, -0.2) is 8.78 Å². The number of amides is 1. The molecule has 1 N–H and O–H groups in total. The molecule has 5 rings (SSSR count). The molecule has 0 aromatic heterocycles. The van der Waals surface area contributed by atoms with Crippen LogP contribution in [0.25, 0.3) is 0 Å². The number of carbonyl (C=O) groups is 1. The third-order valence-corrected chi connectivity index (χ3v) is 7.14. The van der Waals surface area contributed by atoms with Gasteiger partial charge in [0.05, 0.1) is 17.5 Å². The number of carbonyl (C=O) groups excluding carboxylic acids is 1. The summed E-state index contributed by atoms with van der Waals surface area (Å²) >= 11 is 0. The zero-order valence-corrected chi connectivity index (χ0v) is 19.9. The van der Waals surface area contributed by atoms with Crippen LogP contribution >= 0.6 is 0 Å². The highest BCUT2D eigenvalue weighted by Crippen LogP contribution is 2.40. The molecule has 0 spiro atoms. The van der Waals surface area contributed by atoms with Crippen molar-refractivity contribution in [2.24, 2.45) is 5.92 Å². The van der Waals surface area contributed by atoms with E-state index < -0.39 is 23.5 Å². The first-order valence-corrected chi connectivity index (χ1v) is 12.1. The molecule has 2 aliphatic heterocycles. The number of nitrogens with one attached hydrogen (secondary N) is 1. The van der Waals surface area contributed by atoms with Gasteiger partial charge in [-0.15, -0.1) is 0 Å². The van der Waals surface area contributed by atoms with E-state index in [4.69, 9.17) is 0 Å². The predicted molar refractivity (Wildman–Crippen MR) is 130 cm³/mol. The predicted octanol–water partition coefficient (Wildman–Crippen LogP) is 5.16. The summed E-state index contributed by atoms with van der Waals surface area (Å²) in [7, 11) is 0. The summed E-state index contributed by atoms with van der Waals surface area (Å²) in [6, 6.07) is 15.6. The Morgan fingerprint density at radius 1 is 0.919 bits per heavy atom. The first-order valence-electron chi connectivity index (χ1n) is 12.1. The average molecular weight is 516 g/mol. The van der Waals surface area contributed by atoms with Gasteiger partial charge >= 0.3 is 6.18 Å². The van der Waals surface area contributed by atoms with Crippen LogP contribution in [0, 0.1) is 17.6 Å². The number of piperazine rings is 1. The van der Waals surface area contributed by atoms with Crippen LogP contribution in [0.5, 0.6) is 0 Å². The largest absolute Gasteiger partial charge is 0.416 e. The van der Waals surface area contributed by atoms with E-state index in [1.807, 2.05) is 4.90 Å². The zero-order valence-electron chi connectivity index (χ0n) is 19.9. The lowest BCUT2D eigenvalue weighted by Gasteiger charge is -2.49. The van der Waals surface area contributed by atoms with E-state index in [0.717, 1.165) is 17.7 Å². The topological polar surface area (TPSA) is 35.6 Å². The van der Waals surface area contributed by atoms with Gasteiger partial charge < -0.3 is 10.2 Å². The van der Waals surface area contributed by atoms with Crippen LogP contribution in [0.1, 0.15) is 22.3 Å². The van der Waals surface area contributed by atoms with E-state index in [2.05, 4.69) is 10.2 Å². The van der Waals surface area contributed by atoms with E-state index in [-0.39, 0.29) is 30.7 Å². The lowest BCUT2D eigenvalue weighted by Crippen LogP contribution is -2.60. The van der Waals surface area contributed by atoms with E-state index in [9.17, 15) is 26.7 Å². The number of rotatable bonds is 5. The summed E-state index contributed by atoms with van der Waals surface area (Å²) in [6.07, 6.45) is -4.31. The molecule has 3 aromatic rings. The fourth-order valence-corrected chi connectivity index (χ4v) is 5.32. The van der Waals surface area contributed by atoms with Crippen LogP contribution in [-0.4, -0.2) is 36.5 Å². The number of alkyl halides is 3. The number of nitrogens with zero attached hydrogens (tertiary/aromatic N) is 2. The van der Waals surface area contributed by atoms with Crippen LogP contribution in [-0.2, 0) is 30.5 Å². The molecular formula is C28H26F5N3O. The Labute approximate surface area is 211 Å².